The first-order valence-corrected chi connectivity index (χ1v) is 8.30. The van der Waals surface area contributed by atoms with Gasteiger partial charge in [0.1, 0.15) is 11.4 Å². The Balaban J connectivity index is 2.03. The molecule has 1 heterocycles. The van der Waals surface area contributed by atoms with Gasteiger partial charge in [-0.1, -0.05) is 12.1 Å². The Bertz CT molecular complexity index is 739. The van der Waals surface area contributed by atoms with Crippen LogP contribution in [0.1, 0.15) is 30.5 Å². The largest absolute Gasteiger partial charge is 0.383 e. The minimum absolute atomic E-state index is 0.231. The predicted molar refractivity (Wildman–Crippen MR) is 96.7 cm³/mol. The maximum Gasteiger partial charge on any atom is 0.191 e. The van der Waals surface area contributed by atoms with Gasteiger partial charge in [0.15, 0.2) is 5.96 Å². The highest BCUT2D eigenvalue weighted by Crippen LogP contribution is 2.18. The van der Waals surface area contributed by atoms with E-state index in [0.717, 1.165) is 11.1 Å². The van der Waals surface area contributed by atoms with E-state index in [1.807, 2.05) is 13.0 Å². The third-order valence-corrected chi connectivity index (χ3v) is 3.93. The Kier molecular flexibility index (Phi) is 6.14. The number of hydrogen-bond donors (Lipinski definition) is 3. The number of halogens is 1. The number of nitrogens with zero attached hydrogens (tertiary/aromatic N) is 3. The lowest BCUT2D eigenvalue weighted by Gasteiger charge is -2.23. The zero-order chi connectivity index (χ0) is 18.4. The minimum atomic E-state index is -1.08. The molecular formula is C18H26FN5O. The molecule has 0 saturated heterocycles. The summed E-state index contributed by atoms with van der Waals surface area (Å²) in [5.74, 6) is 0.331. The number of aliphatic hydroxyl groups is 1. The van der Waals surface area contributed by atoms with Crippen LogP contribution in [0.4, 0.5) is 4.39 Å². The molecule has 0 fully saturated rings. The molecule has 0 spiro atoms. The molecule has 0 bridgehead atoms. The Morgan fingerprint density at radius 1 is 1.40 bits per heavy atom. The fraction of sp³-hybridized carbons (Fsp3) is 0.444. The van der Waals surface area contributed by atoms with E-state index in [9.17, 15) is 9.50 Å². The van der Waals surface area contributed by atoms with Crippen molar-refractivity contribution in [3.05, 3.63) is 53.1 Å². The van der Waals surface area contributed by atoms with Crippen LogP contribution in [0, 0.1) is 12.7 Å². The van der Waals surface area contributed by atoms with Gasteiger partial charge >= 0.3 is 0 Å². The summed E-state index contributed by atoms with van der Waals surface area (Å²) in [7, 11) is 1.80. The van der Waals surface area contributed by atoms with Crippen molar-refractivity contribution in [2.24, 2.45) is 12.0 Å². The third-order valence-electron chi connectivity index (χ3n) is 3.93. The predicted octanol–water partition coefficient (Wildman–Crippen LogP) is 1.83. The van der Waals surface area contributed by atoms with E-state index in [0.29, 0.717) is 24.6 Å². The van der Waals surface area contributed by atoms with Crippen molar-refractivity contribution in [3.8, 4) is 0 Å². The fourth-order valence-corrected chi connectivity index (χ4v) is 2.30. The molecule has 3 N–H and O–H groups in total. The highest BCUT2D eigenvalue weighted by molar-refractivity contribution is 5.79. The molecule has 2 rings (SSSR count). The van der Waals surface area contributed by atoms with Crippen molar-refractivity contribution in [1.29, 1.82) is 0 Å². The molecule has 0 aliphatic rings. The van der Waals surface area contributed by atoms with Crippen molar-refractivity contribution in [2.75, 3.05) is 13.1 Å². The molecule has 6 nitrogen and oxygen atoms in total. The second-order valence-electron chi connectivity index (χ2n) is 6.31. The average molecular weight is 347 g/mol. The van der Waals surface area contributed by atoms with Gasteiger partial charge in [-0.05, 0) is 38.0 Å². The summed E-state index contributed by atoms with van der Waals surface area (Å²) in [6.45, 7) is 6.71. The molecule has 0 radical (unpaired) electrons. The second-order valence-corrected chi connectivity index (χ2v) is 6.31. The fourth-order valence-electron chi connectivity index (χ4n) is 2.30. The van der Waals surface area contributed by atoms with Crippen LogP contribution >= 0.6 is 0 Å². The molecule has 0 amide bonds. The van der Waals surface area contributed by atoms with Crippen LogP contribution in [0.25, 0.3) is 0 Å². The average Bonchev–Trinajstić information content (AvgIpc) is 3.01. The molecule has 136 valence electrons. The number of aryl methyl sites for hydroxylation is 2. The monoisotopic (exact) mass is 347 g/mol. The van der Waals surface area contributed by atoms with Gasteiger partial charge < -0.3 is 15.7 Å². The molecule has 0 aliphatic carbocycles. The lowest BCUT2D eigenvalue weighted by molar-refractivity contribution is 0.0616. The van der Waals surface area contributed by atoms with E-state index in [1.54, 1.807) is 44.0 Å². The van der Waals surface area contributed by atoms with Crippen LogP contribution in [0.3, 0.4) is 0 Å². The zero-order valence-electron chi connectivity index (χ0n) is 15.2. The molecule has 0 aliphatic heterocycles. The Labute approximate surface area is 147 Å². The Hall–Kier alpha value is -2.41. The van der Waals surface area contributed by atoms with E-state index in [-0.39, 0.29) is 12.4 Å². The number of aromatic nitrogens is 2. The minimum Gasteiger partial charge on any atom is -0.383 e. The number of guanidine groups is 1. The number of aliphatic imine (C=N–C) groups is 1. The summed E-state index contributed by atoms with van der Waals surface area (Å²) in [6.07, 6.45) is 3.42. The van der Waals surface area contributed by atoms with Crippen LogP contribution in [0.2, 0.25) is 0 Å². The van der Waals surface area contributed by atoms with Crippen LogP contribution in [0.15, 0.2) is 35.6 Å². The van der Waals surface area contributed by atoms with E-state index in [1.165, 1.54) is 6.07 Å². The SMILES string of the molecule is CCNC(=NCc1ccc(C)c(F)c1)NCC(C)(O)c1cnn(C)c1. The number of benzene rings is 1. The van der Waals surface area contributed by atoms with Crippen LogP contribution in [-0.4, -0.2) is 33.9 Å². The topological polar surface area (TPSA) is 74.5 Å². The lowest BCUT2D eigenvalue weighted by Crippen LogP contribution is -2.44. The van der Waals surface area contributed by atoms with E-state index >= 15 is 0 Å². The number of rotatable bonds is 6. The molecule has 1 atom stereocenters. The van der Waals surface area contributed by atoms with Crippen molar-refractivity contribution in [3.63, 3.8) is 0 Å². The molecule has 1 aromatic heterocycles. The van der Waals surface area contributed by atoms with Crippen molar-refractivity contribution in [2.45, 2.75) is 32.9 Å². The quantitative estimate of drug-likeness (QED) is 0.551. The van der Waals surface area contributed by atoms with Gasteiger partial charge in [-0.25, -0.2) is 9.38 Å². The van der Waals surface area contributed by atoms with Crippen LogP contribution < -0.4 is 10.6 Å². The van der Waals surface area contributed by atoms with E-state index < -0.39 is 5.60 Å². The van der Waals surface area contributed by atoms with Gasteiger partial charge in [0.05, 0.1) is 19.3 Å². The molecule has 0 saturated carbocycles. The van der Waals surface area contributed by atoms with Gasteiger partial charge in [-0.2, -0.15) is 5.10 Å². The molecule has 25 heavy (non-hydrogen) atoms. The maximum absolute atomic E-state index is 13.6. The molecule has 2 aromatic rings. The summed E-state index contributed by atoms with van der Waals surface area (Å²) >= 11 is 0. The maximum atomic E-state index is 13.6. The first-order valence-electron chi connectivity index (χ1n) is 8.30. The molecule has 7 heteroatoms. The summed E-state index contributed by atoms with van der Waals surface area (Å²) < 4.78 is 15.3. The third kappa shape index (κ3) is 5.29. The zero-order valence-corrected chi connectivity index (χ0v) is 15.2. The molecule has 1 aromatic carbocycles. The van der Waals surface area contributed by atoms with Gasteiger partial charge in [0, 0.05) is 25.4 Å². The first-order chi connectivity index (χ1) is 11.8. The smallest absolute Gasteiger partial charge is 0.191 e. The van der Waals surface area contributed by atoms with Crippen molar-refractivity contribution in [1.82, 2.24) is 20.4 Å². The van der Waals surface area contributed by atoms with Crippen LogP contribution in [0.5, 0.6) is 0 Å². The highest BCUT2D eigenvalue weighted by atomic mass is 19.1. The molecular weight excluding hydrogens is 321 g/mol. The van der Waals surface area contributed by atoms with Gasteiger partial charge in [-0.3, -0.25) is 4.68 Å². The van der Waals surface area contributed by atoms with Gasteiger partial charge in [0.2, 0.25) is 0 Å². The molecule has 1 unspecified atom stereocenters. The summed E-state index contributed by atoms with van der Waals surface area (Å²) in [5, 5.41) is 20.9. The lowest BCUT2D eigenvalue weighted by atomic mass is 10.00. The summed E-state index contributed by atoms with van der Waals surface area (Å²) in [5.41, 5.74) is 1.05. The van der Waals surface area contributed by atoms with E-state index in [2.05, 4.69) is 20.7 Å². The van der Waals surface area contributed by atoms with Crippen molar-refractivity contribution >= 4 is 5.96 Å². The van der Waals surface area contributed by atoms with Gasteiger partial charge in [0.25, 0.3) is 0 Å². The normalized spacial score (nSPS) is 14.2. The Morgan fingerprint density at radius 2 is 2.16 bits per heavy atom. The van der Waals surface area contributed by atoms with E-state index in [4.69, 9.17) is 0 Å². The first kappa shape index (κ1) is 18.9. The van der Waals surface area contributed by atoms with Gasteiger partial charge in [-0.15, -0.1) is 0 Å². The standard InChI is InChI=1S/C18H26FN5O/c1-5-20-17(21-9-14-7-6-13(2)16(19)8-14)22-12-18(3,25)15-10-23-24(4)11-15/h6-8,10-11,25H,5,9,12H2,1-4H3,(H2,20,21,22). The highest BCUT2D eigenvalue weighted by Gasteiger charge is 2.24. The second kappa shape index (κ2) is 8.11. The Morgan fingerprint density at radius 3 is 2.76 bits per heavy atom. The van der Waals surface area contributed by atoms with Crippen LogP contribution in [-0.2, 0) is 19.2 Å². The number of hydrogen-bond acceptors (Lipinski definition) is 3. The summed E-state index contributed by atoms with van der Waals surface area (Å²) in [6, 6.07) is 5.10. The number of nitrogens with one attached hydrogen (secondary N) is 2. The van der Waals surface area contributed by atoms with Crippen molar-refractivity contribution < 1.29 is 9.50 Å². The summed E-state index contributed by atoms with van der Waals surface area (Å²) in [4.78, 5) is 4.45.